The van der Waals surface area contributed by atoms with Crippen molar-refractivity contribution in [2.24, 2.45) is 0 Å². The van der Waals surface area contributed by atoms with Crippen LogP contribution in [0.25, 0.3) is 0 Å². The lowest BCUT2D eigenvalue weighted by Crippen LogP contribution is -2.22. The molecule has 0 N–H and O–H groups in total. The van der Waals surface area contributed by atoms with Gasteiger partial charge in [-0.1, -0.05) is 18.2 Å². The largest absolute Gasteiger partial charge is 0.497 e. The van der Waals surface area contributed by atoms with E-state index in [2.05, 4.69) is 0 Å². The van der Waals surface area contributed by atoms with Crippen LogP contribution >= 0.6 is 0 Å². The first-order valence-corrected chi connectivity index (χ1v) is 10.5. The Morgan fingerprint density at radius 3 is 2.21 bits per heavy atom. The Hall–Kier alpha value is -3.94. The Kier molecular flexibility index (Phi) is 8.76. The van der Waals surface area contributed by atoms with Crippen molar-refractivity contribution in [1.29, 1.82) is 0 Å². The number of carbonyl (C=O) groups excluding carboxylic acids is 1. The van der Waals surface area contributed by atoms with Gasteiger partial charge < -0.3 is 28.3 Å². The number of esters is 1. The fourth-order valence-corrected chi connectivity index (χ4v) is 3.01. The summed E-state index contributed by atoms with van der Waals surface area (Å²) in [7, 11) is 1.61. The predicted molar refractivity (Wildman–Crippen MR) is 122 cm³/mol. The number of ether oxygens (including phenoxy) is 5. The molecule has 2 aromatic carbocycles. The zero-order valence-electron chi connectivity index (χ0n) is 18.7. The molecular weight excluding hydrogens is 426 g/mol. The maximum Gasteiger partial charge on any atom is 0.344 e. The number of benzene rings is 2. The van der Waals surface area contributed by atoms with E-state index in [0.29, 0.717) is 30.3 Å². The van der Waals surface area contributed by atoms with Gasteiger partial charge in [0.25, 0.3) is 0 Å². The molecule has 8 nitrogen and oxygen atoms in total. The number of hydrogen-bond acceptors (Lipinski definition) is 7. The SMILES string of the molecule is COc1ccc(OCCn2ccc(=O)c(OCC(=O)OCCOc3ccccc3)c2C)cc1. The molecule has 0 unspecified atom stereocenters. The molecule has 0 saturated heterocycles. The number of nitrogens with zero attached hydrogens (tertiary/aromatic N) is 1. The average Bonchev–Trinajstić information content (AvgIpc) is 2.84. The van der Waals surface area contributed by atoms with E-state index in [-0.39, 0.29) is 31.0 Å². The van der Waals surface area contributed by atoms with Gasteiger partial charge in [-0.2, -0.15) is 0 Å². The van der Waals surface area contributed by atoms with E-state index < -0.39 is 5.97 Å². The van der Waals surface area contributed by atoms with Crippen molar-refractivity contribution < 1.29 is 28.5 Å². The van der Waals surface area contributed by atoms with Crippen LogP contribution in [-0.2, 0) is 16.1 Å². The summed E-state index contributed by atoms with van der Waals surface area (Å²) in [6, 6.07) is 17.9. The molecule has 1 heterocycles. The number of methoxy groups -OCH3 is 1. The maximum absolute atomic E-state index is 12.2. The number of aromatic nitrogens is 1. The van der Waals surface area contributed by atoms with Crippen LogP contribution in [0.15, 0.2) is 71.7 Å². The van der Waals surface area contributed by atoms with E-state index >= 15 is 0 Å². The summed E-state index contributed by atoms with van der Waals surface area (Å²) in [5.74, 6) is 1.69. The van der Waals surface area contributed by atoms with Crippen molar-refractivity contribution in [2.45, 2.75) is 13.5 Å². The lowest BCUT2D eigenvalue weighted by atomic mass is 10.3. The number of carbonyl (C=O) groups is 1. The summed E-state index contributed by atoms with van der Waals surface area (Å²) >= 11 is 0. The van der Waals surface area contributed by atoms with Crippen LogP contribution in [0.4, 0.5) is 0 Å². The molecule has 0 aliphatic carbocycles. The first-order valence-electron chi connectivity index (χ1n) is 10.5. The summed E-state index contributed by atoms with van der Waals surface area (Å²) < 4.78 is 28.7. The molecule has 0 saturated carbocycles. The third kappa shape index (κ3) is 7.31. The van der Waals surface area contributed by atoms with E-state index in [1.807, 2.05) is 59.2 Å². The van der Waals surface area contributed by atoms with Gasteiger partial charge in [-0.3, -0.25) is 4.79 Å². The molecular formula is C25H27NO7. The summed E-state index contributed by atoms with van der Waals surface area (Å²) in [5, 5.41) is 0. The van der Waals surface area contributed by atoms with Gasteiger partial charge in [0.2, 0.25) is 5.43 Å². The predicted octanol–water partition coefficient (Wildman–Crippen LogP) is 3.25. The van der Waals surface area contributed by atoms with Crippen LogP contribution in [0, 0.1) is 6.92 Å². The molecule has 1 aromatic heterocycles. The van der Waals surface area contributed by atoms with E-state index in [0.717, 1.165) is 5.75 Å². The molecule has 0 amide bonds. The molecule has 33 heavy (non-hydrogen) atoms. The van der Waals surface area contributed by atoms with Gasteiger partial charge in [0.1, 0.15) is 37.1 Å². The standard InChI is InChI=1S/C25H27NO7/c1-19-25(33-18-24(28)32-17-16-31-21-6-4-3-5-7-21)23(27)12-13-26(19)14-15-30-22-10-8-20(29-2)9-11-22/h3-13H,14-18H2,1-2H3. The molecule has 0 aliphatic heterocycles. The van der Waals surface area contributed by atoms with Crippen LogP contribution < -0.4 is 24.4 Å². The van der Waals surface area contributed by atoms with Gasteiger partial charge in [-0.15, -0.1) is 0 Å². The van der Waals surface area contributed by atoms with Crippen LogP contribution in [0.1, 0.15) is 5.69 Å². The molecule has 3 aromatic rings. The maximum atomic E-state index is 12.2. The van der Waals surface area contributed by atoms with Gasteiger partial charge in [-0.25, -0.2) is 4.79 Å². The van der Waals surface area contributed by atoms with Crippen molar-refractivity contribution in [3.05, 3.63) is 82.8 Å². The topological polar surface area (TPSA) is 85.2 Å². The van der Waals surface area contributed by atoms with Gasteiger partial charge in [0, 0.05) is 12.3 Å². The fraction of sp³-hybridized carbons (Fsp3) is 0.280. The Bertz CT molecular complexity index is 1080. The van der Waals surface area contributed by atoms with Gasteiger partial charge in [0.05, 0.1) is 19.3 Å². The Morgan fingerprint density at radius 2 is 1.48 bits per heavy atom. The molecule has 174 valence electrons. The van der Waals surface area contributed by atoms with Crippen molar-refractivity contribution >= 4 is 5.97 Å². The highest BCUT2D eigenvalue weighted by Gasteiger charge is 2.12. The second-order valence-electron chi connectivity index (χ2n) is 6.98. The second kappa shape index (κ2) is 12.2. The number of para-hydroxylation sites is 1. The fourth-order valence-electron chi connectivity index (χ4n) is 3.01. The van der Waals surface area contributed by atoms with E-state index in [4.69, 9.17) is 23.7 Å². The van der Waals surface area contributed by atoms with Crippen molar-refractivity contribution in [3.8, 4) is 23.0 Å². The lowest BCUT2D eigenvalue weighted by molar-refractivity contribution is -0.146. The third-order valence-electron chi connectivity index (χ3n) is 4.74. The average molecular weight is 453 g/mol. The Labute approximate surface area is 192 Å². The normalized spacial score (nSPS) is 10.4. The first-order chi connectivity index (χ1) is 16.1. The summed E-state index contributed by atoms with van der Waals surface area (Å²) in [6.45, 7) is 2.57. The van der Waals surface area contributed by atoms with Gasteiger partial charge in [0.15, 0.2) is 12.4 Å². The second-order valence-corrected chi connectivity index (χ2v) is 6.98. The lowest BCUT2D eigenvalue weighted by Gasteiger charge is -2.15. The van der Waals surface area contributed by atoms with Gasteiger partial charge in [-0.05, 0) is 43.3 Å². The van der Waals surface area contributed by atoms with Crippen molar-refractivity contribution in [1.82, 2.24) is 4.57 Å². The summed E-state index contributed by atoms with van der Waals surface area (Å²) in [5.41, 5.74) is 0.293. The number of hydrogen-bond donors (Lipinski definition) is 0. The van der Waals surface area contributed by atoms with Crippen LogP contribution in [0.3, 0.4) is 0 Å². The molecule has 8 heteroatoms. The molecule has 0 bridgehead atoms. The minimum atomic E-state index is -0.580. The Morgan fingerprint density at radius 1 is 0.818 bits per heavy atom. The monoisotopic (exact) mass is 453 g/mol. The molecule has 0 fully saturated rings. The molecule has 0 spiro atoms. The zero-order chi connectivity index (χ0) is 23.5. The highest BCUT2D eigenvalue weighted by molar-refractivity contribution is 5.71. The summed E-state index contributed by atoms with van der Waals surface area (Å²) in [6.07, 6.45) is 1.67. The number of pyridine rings is 1. The third-order valence-corrected chi connectivity index (χ3v) is 4.74. The minimum Gasteiger partial charge on any atom is -0.497 e. The summed E-state index contributed by atoms with van der Waals surface area (Å²) in [4.78, 5) is 24.2. The van der Waals surface area contributed by atoms with Gasteiger partial charge >= 0.3 is 5.97 Å². The highest BCUT2D eigenvalue weighted by Crippen LogP contribution is 2.17. The van der Waals surface area contributed by atoms with Crippen LogP contribution in [0.5, 0.6) is 23.0 Å². The van der Waals surface area contributed by atoms with E-state index in [9.17, 15) is 9.59 Å². The van der Waals surface area contributed by atoms with Crippen molar-refractivity contribution in [2.75, 3.05) is 33.5 Å². The quantitative estimate of drug-likeness (QED) is 0.307. The molecule has 0 radical (unpaired) electrons. The molecule has 3 rings (SSSR count). The van der Waals surface area contributed by atoms with E-state index in [1.54, 1.807) is 20.2 Å². The first kappa shape index (κ1) is 23.7. The highest BCUT2D eigenvalue weighted by atomic mass is 16.6. The van der Waals surface area contributed by atoms with Crippen LogP contribution in [0.2, 0.25) is 0 Å². The molecule has 0 atom stereocenters. The Balaban J connectivity index is 1.45. The van der Waals surface area contributed by atoms with E-state index in [1.165, 1.54) is 6.07 Å². The zero-order valence-corrected chi connectivity index (χ0v) is 18.7. The van der Waals surface area contributed by atoms with Crippen molar-refractivity contribution in [3.63, 3.8) is 0 Å². The smallest absolute Gasteiger partial charge is 0.344 e. The number of rotatable bonds is 12. The molecule has 0 aliphatic rings. The minimum absolute atomic E-state index is 0.0811. The van der Waals surface area contributed by atoms with Crippen LogP contribution in [-0.4, -0.2) is 44.1 Å².